The number of ether oxygens (including phenoxy) is 1. The Balaban J connectivity index is 1.68. The van der Waals surface area contributed by atoms with Crippen molar-refractivity contribution in [3.63, 3.8) is 0 Å². The maximum Gasteiger partial charge on any atom is 0.143 e. The van der Waals surface area contributed by atoms with Crippen LogP contribution in [-0.4, -0.2) is 35.7 Å². The van der Waals surface area contributed by atoms with Crippen molar-refractivity contribution in [2.75, 3.05) is 18.4 Å². The molecule has 0 radical (unpaired) electrons. The Bertz CT molecular complexity index is 526. The maximum absolute atomic E-state index is 6.04. The average Bonchev–Trinajstić information content (AvgIpc) is 2.47. The Labute approximate surface area is 135 Å². The van der Waals surface area contributed by atoms with Gasteiger partial charge in [0.05, 0.1) is 12.2 Å². The second-order valence-electron chi connectivity index (χ2n) is 7.68. The van der Waals surface area contributed by atoms with E-state index in [9.17, 15) is 0 Å². The van der Waals surface area contributed by atoms with E-state index in [0.717, 1.165) is 30.4 Å². The number of anilines is 1. The van der Waals surface area contributed by atoms with Gasteiger partial charge in [-0.2, -0.15) is 0 Å². The zero-order valence-electron chi connectivity index (χ0n) is 14.5. The summed E-state index contributed by atoms with van der Waals surface area (Å²) in [6.07, 6.45) is 5.20. The summed E-state index contributed by atoms with van der Waals surface area (Å²) in [5.41, 5.74) is 2.43. The van der Waals surface area contributed by atoms with Crippen LogP contribution in [0.25, 0.3) is 0 Å². The van der Waals surface area contributed by atoms with Crippen LogP contribution in [0, 0.1) is 0 Å². The number of piperidine rings is 1. The van der Waals surface area contributed by atoms with E-state index in [0.29, 0.717) is 6.04 Å². The van der Waals surface area contributed by atoms with Crippen LogP contribution in [0.5, 0.6) is 5.75 Å². The standard InChI is InChI=1S/C19H30N2O/c1-14-7-5-6-10-21(14)15(2)11-16-8-9-18-17(12-16)20-13-19(3,4)22-18/h8-9,12,14-15,20H,5-7,10-11,13H2,1-4H3. The molecule has 122 valence electrons. The summed E-state index contributed by atoms with van der Waals surface area (Å²) in [6.45, 7) is 11.1. The third kappa shape index (κ3) is 3.40. The molecule has 1 aromatic rings. The summed E-state index contributed by atoms with van der Waals surface area (Å²) in [5.74, 6) is 0.985. The molecule has 0 bridgehead atoms. The molecule has 22 heavy (non-hydrogen) atoms. The Morgan fingerprint density at radius 2 is 2.18 bits per heavy atom. The molecule has 0 amide bonds. The Kier molecular flexibility index (Phi) is 4.35. The summed E-state index contributed by atoms with van der Waals surface area (Å²) in [7, 11) is 0. The van der Waals surface area contributed by atoms with E-state index >= 15 is 0 Å². The van der Waals surface area contributed by atoms with Crippen molar-refractivity contribution < 1.29 is 4.74 Å². The van der Waals surface area contributed by atoms with Gasteiger partial charge in [0.2, 0.25) is 0 Å². The number of hydrogen-bond acceptors (Lipinski definition) is 3. The van der Waals surface area contributed by atoms with Crippen LogP contribution in [0.1, 0.15) is 52.5 Å². The van der Waals surface area contributed by atoms with E-state index in [4.69, 9.17) is 4.74 Å². The number of hydrogen-bond donors (Lipinski definition) is 1. The number of nitrogens with one attached hydrogen (secondary N) is 1. The molecule has 1 aromatic carbocycles. The summed E-state index contributed by atoms with van der Waals surface area (Å²) >= 11 is 0. The lowest BCUT2D eigenvalue weighted by atomic mass is 9.97. The van der Waals surface area contributed by atoms with Gasteiger partial charge in [-0.05, 0) is 71.2 Å². The molecule has 3 rings (SSSR count). The first-order valence-electron chi connectivity index (χ1n) is 8.76. The monoisotopic (exact) mass is 302 g/mol. The molecule has 2 unspecified atom stereocenters. The van der Waals surface area contributed by atoms with Crippen LogP contribution in [0.2, 0.25) is 0 Å². The van der Waals surface area contributed by atoms with Crippen molar-refractivity contribution >= 4 is 5.69 Å². The smallest absolute Gasteiger partial charge is 0.143 e. The van der Waals surface area contributed by atoms with Crippen molar-refractivity contribution in [2.45, 2.75) is 71.1 Å². The SMILES string of the molecule is CC1CCCCN1C(C)Cc1ccc2c(c1)NCC(C)(C)O2. The average molecular weight is 302 g/mol. The van der Waals surface area contributed by atoms with E-state index in [1.807, 2.05) is 0 Å². The Hall–Kier alpha value is -1.22. The molecule has 2 atom stereocenters. The summed E-state index contributed by atoms with van der Waals surface area (Å²) in [5, 5.41) is 3.52. The second kappa shape index (κ2) is 6.11. The highest BCUT2D eigenvalue weighted by Crippen LogP contribution is 2.34. The van der Waals surface area contributed by atoms with E-state index in [1.165, 1.54) is 31.4 Å². The minimum atomic E-state index is -0.120. The van der Waals surface area contributed by atoms with Crippen LogP contribution in [0.15, 0.2) is 18.2 Å². The summed E-state index contributed by atoms with van der Waals surface area (Å²) in [4.78, 5) is 2.68. The summed E-state index contributed by atoms with van der Waals surface area (Å²) < 4.78 is 6.04. The summed E-state index contributed by atoms with van der Waals surface area (Å²) in [6, 6.07) is 7.96. The first-order valence-corrected chi connectivity index (χ1v) is 8.76. The van der Waals surface area contributed by atoms with Crippen LogP contribution in [-0.2, 0) is 6.42 Å². The van der Waals surface area contributed by atoms with Gasteiger partial charge in [0.15, 0.2) is 0 Å². The van der Waals surface area contributed by atoms with Crippen LogP contribution >= 0.6 is 0 Å². The lowest BCUT2D eigenvalue weighted by Gasteiger charge is -2.38. The highest BCUT2D eigenvalue weighted by molar-refractivity contribution is 5.60. The molecular formula is C19H30N2O. The normalized spacial score (nSPS) is 25.7. The lowest BCUT2D eigenvalue weighted by Crippen LogP contribution is -2.44. The van der Waals surface area contributed by atoms with Gasteiger partial charge in [-0.3, -0.25) is 4.90 Å². The number of nitrogens with zero attached hydrogens (tertiary/aromatic N) is 1. The molecule has 0 aliphatic carbocycles. The fraction of sp³-hybridized carbons (Fsp3) is 0.684. The topological polar surface area (TPSA) is 24.5 Å². The molecule has 3 nitrogen and oxygen atoms in total. The fourth-order valence-corrected chi connectivity index (χ4v) is 3.81. The van der Waals surface area contributed by atoms with Gasteiger partial charge in [0, 0.05) is 12.1 Å². The highest BCUT2D eigenvalue weighted by Gasteiger charge is 2.27. The van der Waals surface area contributed by atoms with Gasteiger partial charge in [-0.15, -0.1) is 0 Å². The number of rotatable bonds is 3. The van der Waals surface area contributed by atoms with Crippen molar-refractivity contribution in [3.8, 4) is 5.75 Å². The van der Waals surface area contributed by atoms with Gasteiger partial charge in [0.25, 0.3) is 0 Å². The third-order valence-electron chi connectivity index (χ3n) is 5.09. The molecule has 0 saturated carbocycles. The molecular weight excluding hydrogens is 272 g/mol. The molecule has 1 saturated heterocycles. The van der Waals surface area contributed by atoms with Gasteiger partial charge in [0.1, 0.15) is 11.4 Å². The molecule has 2 aliphatic rings. The molecule has 0 aromatic heterocycles. The van der Waals surface area contributed by atoms with Crippen molar-refractivity contribution in [1.82, 2.24) is 4.90 Å². The van der Waals surface area contributed by atoms with Gasteiger partial charge < -0.3 is 10.1 Å². The lowest BCUT2D eigenvalue weighted by molar-refractivity contribution is 0.113. The second-order valence-corrected chi connectivity index (χ2v) is 7.68. The Morgan fingerprint density at radius 1 is 1.36 bits per heavy atom. The van der Waals surface area contributed by atoms with Crippen LogP contribution < -0.4 is 10.1 Å². The number of benzene rings is 1. The van der Waals surface area contributed by atoms with E-state index in [2.05, 4.69) is 56.1 Å². The first-order chi connectivity index (χ1) is 10.4. The van der Waals surface area contributed by atoms with Crippen molar-refractivity contribution in [2.24, 2.45) is 0 Å². The zero-order valence-corrected chi connectivity index (χ0v) is 14.5. The van der Waals surface area contributed by atoms with E-state index < -0.39 is 0 Å². The molecule has 2 heterocycles. The highest BCUT2D eigenvalue weighted by atomic mass is 16.5. The maximum atomic E-state index is 6.04. The minimum absolute atomic E-state index is 0.120. The van der Waals surface area contributed by atoms with Gasteiger partial charge in [-0.25, -0.2) is 0 Å². The molecule has 1 fully saturated rings. The largest absolute Gasteiger partial charge is 0.484 e. The fourth-order valence-electron chi connectivity index (χ4n) is 3.81. The molecule has 1 N–H and O–H groups in total. The number of fused-ring (bicyclic) bond motifs is 1. The number of likely N-dealkylation sites (tertiary alicyclic amines) is 1. The van der Waals surface area contributed by atoms with Gasteiger partial charge in [-0.1, -0.05) is 12.5 Å². The third-order valence-corrected chi connectivity index (χ3v) is 5.09. The van der Waals surface area contributed by atoms with E-state index in [-0.39, 0.29) is 5.60 Å². The Morgan fingerprint density at radius 3 is 2.95 bits per heavy atom. The molecule has 2 aliphatic heterocycles. The quantitative estimate of drug-likeness (QED) is 0.910. The van der Waals surface area contributed by atoms with Crippen LogP contribution in [0.3, 0.4) is 0 Å². The van der Waals surface area contributed by atoms with Crippen molar-refractivity contribution in [3.05, 3.63) is 23.8 Å². The van der Waals surface area contributed by atoms with Crippen molar-refractivity contribution in [1.29, 1.82) is 0 Å². The van der Waals surface area contributed by atoms with Gasteiger partial charge >= 0.3 is 0 Å². The predicted octanol–water partition coefficient (Wildman–Crippen LogP) is 4.07. The zero-order chi connectivity index (χ0) is 15.7. The van der Waals surface area contributed by atoms with E-state index in [1.54, 1.807) is 0 Å². The van der Waals surface area contributed by atoms with Crippen LogP contribution in [0.4, 0.5) is 5.69 Å². The molecule has 3 heteroatoms. The first kappa shape index (κ1) is 15.7. The predicted molar refractivity (Wildman–Crippen MR) is 92.8 cm³/mol. The molecule has 0 spiro atoms. The minimum Gasteiger partial charge on any atom is -0.484 e.